The molecule has 0 saturated carbocycles. The Morgan fingerprint density at radius 2 is 2.00 bits per heavy atom. The lowest BCUT2D eigenvalue weighted by atomic mass is 10.1. The summed E-state index contributed by atoms with van der Waals surface area (Å²) in [5, 5.41) is 18.3. The minimum absolute atomic E-state index is 0.193. The molecule has 0 aromatic heterocycles. The van der Waals surface area contributed by atoms with Crippen LogP contribution in [0.5, 0.6) is 0 Å². The third-order valence-corrected chi connectivity index (χ3v) is 2.27. The van der Waals surface area contributed by atoms with Crippen LogP contribution in [0.2, 0.25) is 0 Å². The number of carbonyl (C=O) groups is 1. The van der Waals surface area contributed by atoms with Crippen LogP contribution >= 0.6 is 0 Å². The van der Waals surface area contributed by atoms with Gasteiger partial charge in [-0.05, 0) is 26.4 Å². The fourth-order valence-corrected chi connectivity index (χ4v) is 1.23. The van der Waals surface area contributed by atoms with E-state index in [1.54, 1.807) is 0 Å². The van der Waals surface area contributed by atoms with E-state index in [0.29, 0.717) is 0 Å². The van der Waals surface area contributed by atoms with Crippen molar-refractivity contribution in [3.63, 3.8) is 0 Å². The van der Waals surface area contributed by atoms with Crippen molar-refractivity contribution in [3.05, 3.63) is 0 Å². The van der Waals surface area contributed by atoms with Crippen molar-refractivity contribution in [1.82, 2.24) is 4.90 Å². The summed E-state index contributed by atoms with van der Waals surface area (Å²) in [5.74, 6) is -1.16. The molecule has 84 valence electrons. The van der Waals surface area contributed by atoms with Crippen LogP contribution in [-0.2, 0) is 4.79 Å². The Hall–Kier alpha value is -0.610. The first-order valence-electron chi connectivity index (χ1n) is 5.12. The Morgan fingerprint density at radius 1 is 1.43 bits per heavy atom. The molecule has 1 unspecified atom stereocenters. The second-order valence-electron chi connectivity index (χ2n) is 3.80. The summed E-state index contributed by atoms with van der Waals surface area (Å²) in [6, 6.07) is 0. The van der Waals surface area contributed by atoms with Gasteiger partial charge in [0.15, 0.2) is 5.60 Å². The van der Waals surface area contributed by atoms with Gasteiger partial charge in [-0.2, -0.15) is 0 Å². The first kappa shape index (κ1) is 13.4. The summed E-state index contributed by atoms with van der Waals surface area (Å²) >= 11 is 0. The van der Waals surface area contributed by atoms with Crippen molar-refractivity contribution in [2.24, 2.45) is 0 Å². The summed E-state index contributed by atoms with van der Waals surface area (Å²) in [6.45, 7) is 7.19. The van der Waals surface area contributed by atoms with E-state index in [-0.39, 0.29) is 6.54 Å². The van der Waals surface area contributed by atoms with Gasteiger partial charge in [-0.3, -0.25) is 0 Å². The summed E-state index contributed by atoms with van der Waals surface area (Å²) in [7, 11) is 0. The highest BCUT2D eigenvalue weighted by atomic mass is 16.4. The number of carboxylic acids is 1. The van der Waals surface area contributed by atoms with Crippen molar-refractivity contribution in [2.75, 3.05) is 19.6 Å². The number of hydrogen-bond donors (Lipinski definition) is 2. The van der Waals surface area contributed by atoms with Gasteiger partial charge in [-0.25, -0.2) is 4.79 Å². The van der Waals surface area contributed by atoms with E-state index in [1.807, 2.05) is 11.8 Å². The molecule has 0 aliphatic heterocycles. The second-order valence-corrected chi connectivity index (χ2v) is 3.80. The maximum absolute atomic E-state index is 10.7. The molecule has 0 aromatic carbocycles. The van der Waals surface area contributed by atoms with E-state index in [9.17, 15) is 9.90 Å². The van der Waals surface area contributed by atoms with Gasteiger partial charge in [-0.1, -0.05) is 20.3 Å². The largest absolute Gasteiger partial charge is 0.479 e. The Bertz CT molecular complexity index is 180. The number of hydrogen-bond acceptors (Lipinski definition) is 3. The predicted octanol–water partition coefficient (Wildman–Crippen LogP) is 0.944. The van der Waals surface area contributed by atoms with Gasteiger partial charge >= 0.3 is 5.97 Å². The zero-order chi connectivity index (χ0) is 11.2. The first-order valence-corrected chi connectivity index (χ1v) is 5.12. The summed E-state index contributed by atoms with van der Waals surface area (Å²) in [4.78, 5) is 12.6. The number of aliphatic hydroxyl groups is 1. The number of likely N-dealkylation sites (N-methyl/N-ethyl adjacent to an activating group) is 1. The Morgan fingerprint density at radius 3 is 2.36 bits per heavy atom. The molecule has 4 heteroatoms. The lowest BCUT2D eigenvalue weighted by molar-refractivity contribution is -0.158. The molecule has 14 heavy (non-hydrogen) atoms. The summed E-state index contributed by atoms with van der Waals surface area (Å²) in [6.07, 6.45) is 2.11. The summed E-state index contributed by atoms with van der Waals surface area (Å²) in [5.41, 5.74) is -1.64. The molecule has 0 spiro atoms. The fraction of sp³-hybridized carbons (Fsp3) is 0.900. The monoisotopic (exact) mass is 203 g/mol. The van der Waals surface area contributed by atoms with Crippen LogP contribution in [0.15, 0.2) is 0 Å². The van der Waals surface area contributed by atoms with Crippen LogP contribution in [0.1, 0.15) is 33.6 Å². The smallest absolute Gasteiger partial charge is 0.336 e. The quantitative estimate of drug-likeness (QED) is 0.646. The van der Waals surface area contributed by atoms with Crippen molar-refractivity contribution in [1.29, 1.82) is 0 Å². The van der Waals surface area contributed by atoms with Gasteiger partial charge in [0.05, 0.1) is 0 Å². The van der Waals surface area contributed by atoms with Gasteiger partial charge in [0.25, 0.3) is 0 Å². The number of rotatable bonds is 7. The third kappa shape index (κ3) is 4.58. The number of aliphatic carboxylic acids is 1. The van der Waals surface area contributed by atoms with Crippen LogP contribution in [0.3, 0.4) is 0 Å². The molecule has 0 aromatic rings. The fourth-order valence-electron chi connectivity index (χ4n) is 1.23. The zero-order valence-corrected chi connectivity index (χ0v) is 9.29. The first-order chi connectivity index (χ1) is 6.44. The van der Waals surface area contributed by atoms with Gasteiger partial charge in [0.1, 0.15) is 0 Å². The van der Waals surface area contributed by atoms with Crippen LogP contribution < -0.4 is 0 Å². The molecule has 0 amide bonds. The number of carboxylic acid groups (broad SMARTS) is 1. The van der Waals surface area contributed by atoms with Crippen LogP contribution in [-0.4, -0.2) is 46.3 Å². The second kappa shape index (κ2) is 5.98. The maximum Gasteiger partial charge on any atom is 0.336 e. The zero-order valence-electron chi connectivity index (χ0n) is 9.29. The van der Waals surface area contributed by atoms with Gasteiger partial charge in [-0.15, -0.1) is 0 Å². The van der Waals surface area contributed by atoms with Crippen LogP contribution in [0.4, 0.5) is 0 Å². The van der Waals surface area contributed by atoms with Gasteiger partial charge < -0.3 is 15.1 Å². The molecular weight excluding hydrogens is 182 g/mol. The molecule has 0 bridgehead atoms. The normalized spacial score (nSPS) is 15.5. The molecule has 0 aliphatic rings. The number of unbranched alkanes of at least 4 members (excludes halogenated alkanes) is 1. The topological polar surface area (TPSA) is 60.8 Å². The van der Waals surface area contributed by atoms with E-state index in [4.69, 9.17) is 5.11 Å². The molecule has 0 heterocycles. The van der Waals surface area contributed by atoms with E-state index in [2.05, 4.69) is 6.92 Å². The summed E-state index contributed by atoms with van der Waals surface area (Å²) < 4.78 is 0. The third-order valence-electron chi connectivity index (χ3n) is 2.27. The average molecular weight is 203 g/mol. The lowest BCUT2D eigenvalue weighted by Gasteiger charge is -2.27. The van der Waals surface area contributed by atoms with E-state index < -0.39 is 11.6 Å². The van der Waals surface area contributed by atoms with Crippen molar-refractivity contribution in [2.45, 2.75) is 39.2 Å². The van der Waals surface area contributed by atoms with Crippen LogP contribution in [0.25, 0.3) is 0 Å². The average Bonchev–Trinajstić information content (AvgIpc) is 2.11. The molecule has 4 nitrogen and oxygen atoms in total. The van der Waals surface area contributed by atoms with Gasteiger partial charge in [0.2, 0.25) is 0 Å². The SMILES string of the molecule is CCCCN(CC)CC(C)(O)C(=O)O. The van der Waals surface area contributed by atoms with E-state index >= 15 is 0 Å². The van der Waals surface area contributed by atoms with E-state index in [0.717, 1.165) is 25.9 Å². The van der Waals surface area contributed by atoms with Crippen molar-refractivity contribution < 1.29 is 15.0 Å². The van der Waals surface area contributed by atoms with Crippen LogP contribution in [0, 0.1) is 0 Å². The minimum atomic E-state index is -1.64. The van der Waals surface area contributed by atoms with Crippen molar-refractivity contribution >= 4 is 5.97 Å². The highest BCUT2D eigenvalue weighted by Gasteiger charge is 2.31. The Kier molecular flexibility index (Phi) is 5.72. The standard InChI is InChI=1S/C10H21NO3/c1-4-6-7-11(5-2)8-10(3,14)9(12)13/h14H,4-8H2,1-3H3,(H,12,13). The maximum atomic E-state index is 10.7. The molecule has 0 radical (unpaired) electrons. The highest BCUT2D eigenvalue weighted by Crippen LogP contribution is 2.07. The molecule has 1 atom stereocenters. The molecule has 0 aliphatic carbocycles. The molecule has 0 fully saturated rings. The minimum Gasteiger partial charge on any atom is -0.479 e. The van der Waals surface area contributed by atoms with Gasteiger partial charge in [0, 0.05) is 6.54 Å². The lowest BCUT2D eigenvalue weighted by Crippen LogP contribution is -2.47. The molecule has 0 saturated heterocycles. The van der Waals surface area contributed by atoms with E-state index in [1.165, 1.54) is 6.92 Å². The predicted molar refractivity (Wildman–Crippen MR) is 55.3 cm³/mol. The number of nitrogens with zero attached hydrogens (tertiary/aromatic N) is 1. The Balaban J connectivity index is 4.09. The van der Waals surface area contributed by atoms with Crippen molar-refractivity contribution in [3.8, 4) is 0 Å². The molecule has 2 N–H and O–H groups in total. The molecule has 0 rings (SSSR count). The highest BCUT2D eigenvalue weighted by molar-refractivity contribution is 5.76. The molecular formula is C10H21NO3. The Labute approximate surface area is 85.5 Å².